The summed E-state index contributed by atoms with van der Waals surface area (Å²) < 4.78 is 79.7. The lowest BCUT2D eigenvalue weighted by molar-refractivity contribution is -0.189. The van der Waals surface area contributed by atoms with Crippen molar-refractivity contribution in [1.29, 1.82) is 0 Å². The molecule has 1 aromatic heterocycles. The monoisotopic (exact) mass is 574 g/mol. The van der Waals surface area contributed by atoms with Crippen LogP contribution in [0, 0.1) is 5.82 Å². The molecule has 2 heterocycles. The van der Waals surface area contributed by atoms with Gasteiger partial charge in [0.15, 0.2) is 25.5 Å². The van der Waals surface area contributed by atoms with E-state index in [-0.39, 0.29) is 42.4 Å². The normalized spacial score (nSPS) is 17.6. The first-order valence-electron chi connectivity index (χ1n) is 13.2. The van der Waals surface area contributed by atoms with Crippen LogP contribution in [0.2, 0.25) is 0 Å². The number of benzene rings is 1. The predicted molar refractivity (Wildman–Crippen MR) is 140 cm³/mol. The van der Waals surface area contributed by atoms with E-state index in [4.69, 9.17) is 18.9 Å². The Morgan fingerprint density at radius 1 is 1.23 bits per heavy atom. The molecule has 1 aliphatic rings. The first-order valence-corrected chi connectivity index (χ1v) is 13.2. The van der Waals surface area contributed by atoms with Crippen LogP contribution in [0.3, 0.4) is 0 Å². The summed E-state index contributed by atoms with van der Waals surface area (Å²) in [6, 6.07) is 1.96. The van der Waals surface area contributed by atoms with Crippen molar-refractivity contribution in [3.8, 4) is 11.4 Å². The number of ether oxygens (including phenoxy) is 4. The molecule has 0 amide bonds. The van der Waals surface area contributed by atoms with Gasteiger partial charge in [0.05, 0.1) is 11.2 Å². The lowest BCUT2D eigenvalue weighted by atomic mass is 9.70. The summed E-state index contributed by atoms with van der Waals surface area (Å²) in [7, 11) is 1.34. The van der Waals surface area contributed by atoms with Gasteiger partial charge in [0.1, 0.15) is 23.9 Å². The maximum Gasteiger partial charge on any atom is 0.425 e. The highest BCUT2D eigenvalue weighted by Crippen LogP contribution is 2.27. The van der Waals surface area contributed by atoms with Crippen LogP contribution in [0.1, 0.15) is 66.6 Å². The molecule has 0 aliphatic carbocycles. The van der Waals surface area contributed by atoms with Crippen molar-refractivity contribution in [2.75, 3.05) is 13.1 Å². The number of rotatable bonds is 12. The number of hydrogen-bond donors (Lipinski definition) is 1. The van der Waals surface area contributed by atoms with Gasteiger partial charge in [-0.05, 0) is 72.3 Å². The molecule has 3 rings (SSSR count). The average Bonchev–Trinajstić information content (AvgIpc) is 3.18. The third-order valence-corrected chi connectivity index (χ3v) is 7.08. The minimum absolute atomic E-state index is 0.0233. The molecule has 1 saturated heterocycles. The topological polar surface area (TPSA) is 97.0 Å². The van der Waals surface area contributed by atoms with Gasteiger partial charge in [0.25, 0.3) is 0 Å². The molecule has 14 heteroatoms. The van der Waals surface area contributed by atoms with Crippen molar-refractivity contribution >= 4 is 12.7 Å². The lowest BCUT2D eigenvalue weighted by Gasteiger charge is -2.37. The van der Waals surface area contributed by atoms with E-state index in [1.54, 1.807) is 34.6 Å². The van der Waals surface area contributed by atoms with Crippen molar-refractivity contribution in [2.24, 2.45) is 0 Å². The van der Waals surface area contributed by atoms with Gasteiger partial charge in [-0.15, -0.1) is 5.10 Å². The standard InChI is InChI=1S/C26H37BF4N3O6/c1-7-33-21(14-38-22-10-8-9-11-37-22)32-34(23(33)35)19-13-20(40-16(2)26(29,30)31)17(12-18(19)28)27-15-39-25(5,6)24(3,4)36/h12-13,16,22,36H,7-11,14-15H2,1-6H3/t16-,22?/m0/s1. The fourth-order valence-corrected chi connectivity index (χ4v) is 3.78. The van der Waals surface area contributed by atoms with Gasteiger partial charge in [-0.3, -0.25) is 4.57 Å². The zero-order valence-electron chi connectivity index (χ0n) is 23.7. The van der Waals surface area contributed by atoms with E-state index in [0.29, 0.717) is 13.0 Å². The smallest absolute Gasteiger partial charge is 0.425 e. The molecular formula is C26H37BF4N3O6. The number of nitrogens with zero attached hydrogens (tertiary/aromatic N) is 3. The van der Waals surface area contributed by atoms with E-state index in [2.05, 4.69) is 5.10 Å². The molecule has 0 spiro atoms. The molecule has 0 bridgehead atoms. The highest BCUT2D eigenvalue weighted by atomic mass is 19.4. The van der Waals surface area contributed by atoms with Crippen LogP contribution in [-0.4, -0.2) is 69.6 Å². The van der Waals surface area contributed by atoms with Crippen LogP contribution in [0.25, 0.3) is 5.69 Å². The van der Waals surface area contributed by atoms with Crippen molar-refractivity contribution in [3.05, 3.63) is 34.3 Å². The first-order chi connectivity index (χ1) is 18.5. The highest BCUT2D eigenvalue weighted by Gasteiger charge is 2.39. The molecule has 2 aromatic rings. The first kappa shape index (κ1) is 32.1. The van der Waals surface area contributed by atoms with Crippen molar-refractivity contribution in [2.45, 2.75) is 104 Å². The van der Waals surface area contributed by atoms with Crippen LogP contribution in [0.4, 0.5) is 17.6 Å². The maximum absolute atomic E-state index is 15.4. The van der Waals surface area contributed by atoms with Gasteiger partial charge in [0.2, 0.25) is 0 Å². The van der Waals surface area contributed by atoms with Crippen LogP contribution >= 0.6 is 0 Å². The Kier molecular flexibility index (Phi) is 10.1. The van der Waals surface area contributed by atoms with Crippen LogP contribution in [0.5, 0.6) is 5.75 Å². The summed E-state index contributed by atoms with van der Waals surface area (Å²) in [5, 5.41) is 14.5. The van der Waals surface area contributed by atoms with Gasteiger partial charge >= 0.3 is 11.9 Å². The Hall–Kier alpha value is -2.42. The Morgan fingerprint density at radius 2 is 1.93 bits per heavy atom. The molecule has 1 fully saturated rings. The van der Waals surface area contributed by atoms with Gasteiger partial charge in [-0.1, -0.05) is 0 Å². The molecule has 2 atom stereocenters. The molecule has 0 saturated carbocycles. The van der Waals surface area contributed by atoms with E-state index in [1.807, 2.05) is 0 Å². The maximum atomic E-state index is 15.4. The van der Waals surface area contributed by atoms with Crippen LogP contribution < -0.4 is 15.9 Å². The third kappa shape index (κ3) is 7.65. The van der Waals surface area contributed by atoms with Gasteiger partial charge in [0, 0.05) is 25.7 Å². The molecule has 1 unspecified atom stereocenters. The fourth-order valence-electron chi connectivity index (χ4n) is 3.78. The quantitative estimate of drug-likeness (QED) is 0.307. The minimum atomic E-state index is -4.70. The zero-order chi connectivity index (χ0) is 29.9. The van der Waals surface area contributed by atoms with E-state index < -0.39 is 41.3 Å². The Bertz CT molecular complexity index is 1200. The molecular weight excluding hydrogens is 537 g/mol. The van der Waals surface area contributed by atoms with Gasteiger partial charge in [-0.25, -0.2) is 9.18 Å². The number of aliphatic hydroxyl groups is 1. The Morgan fingerprint density at radius 3 is 2.50 bits per heavy atom. The largest absolute Gasteiger partial charge is 0.482 e. The second-order valence-corrected chi connectivity index (χ2v) is 10.7. The number of alkyl halides is 3. The summed E-state index contributed by atoms with van der Waals surface area (Å²) in [5.41, 5.74) is -3.35. The molecule has 9 nitrogen and oxygen atoms in total. The number of halogens is 4. The summed E-state index contributed by atoms with van der Waals surface area (Å²) in [4.78, 5) is 13.1. The van der Waals surface area contributed by atoms with Gasteiger partial charge < -0.3 is 24.1 Å². The number of hydrogen-bond acceptors (Lipinski definition) is 7. The zero-order valence-corrected chi connectivity index (χ0v) is 23.7. The average molecular weight is 574 g/mol. The molecule has 1 N–H and O–H groups in total. The van der Waals surface area contributed by atoms with Crippen LogP contribution in [0.15, 0.2) is 16.9 Å². The second kappa shape index (κ2) is 12.6. The summed E-state index contributed by atoms with van der Waals surface area (Å²) >= 11 is 0. The molecule has 1 aliphatic heterocycles. The van der Waals surface area contributed by atoms with Crippen LogP contribution in [-0.2, 0) is 27.4 Å². The predicted octanol–water partition coefficient (Wildman–Crippen LogP) is 3.42. The van der Waals surface area contributed by atoms with E-state index >= 15 is 4.39 Å². The van der Waals surface area contributed by atoms with E-state index in [1.165, 1.54) is 11.8 Å². The fraction of sp³-hybridized carbons (Fsp3) is 0.692. The van der Waals surface area contributed by atoms with Gasteiger partial charge in [-0.2, -0.15) is 17.9 Å². The summed E-state index contributed by atoms with van der Waals surface area (Å²) in [6.45, 7) is 9.45. The second-order valence-electron chi connectivity index (χ2n) is 10.7. The lowest BCUT2D eigenvalue weighted by Crippen LogP contribution is -2.48. The number of aromatic nitrogens is 3. The molecule has 223 valence electrons. The SMILES string of the molecule is CCn1c(COC2CCCCO2)nn(-c2cc(O[C@@H](C)C(F)(F)F)c([B]COC(C)(C)C(C)(C)O)cc2F)c1=O. The summed E-state index contributed by atoms with van der Waals surface area (Å²) in [6.07, 6.45) is -4.81. The van der Waals surface area contributed by atoms with Crippen molar-refractivity contribution in [3.63, 3.8) is 0 Å². The Labute approximate surface area is 231 Å². The Balaban J connectivity index is 1.94. The van der Waals surface area contributed by atoms with E-state index in [9.17, 15) is 23.1 Å². The summed E-state index contributed by atoms with van der Waals surface area (Å²) in [5.74, 6) is -1.02. The molecule has 1 radical (unpaired) electrons. The van der Waals surface area contributed by atoms with E-state index in [0.717, 1.165) is 36.6 Å². The molecule has 1 aromatic carbocycles. The van der Waals surface area contributed by atoms with Crippen molar-refractivity contribution < 1.29 is 41.6 Å². The highest BCUT2D eigenvalue weighted by molar-refractivity contribution is 6.54. The third-order valence-electron chi connectivity index (χ3n) is 7.08. The minimum Gasteiger partial charge on any atom is -0.482 e. The van der Waals surface area contributed by atoms with Crippen molar-refractivity contribution in [1.82, 2.24) is 14.3 Å². The molecule has 40 heavy (non-hydrogen) atoms.